The zero-order chi connectivity index (χ0) is 20.6. The number of pyridine rings is 1. The Morgan fingerprint density at radius 1 is 1.31 bits per heavy atom. The fourth-order valence-electron chi connectivity index (χ4n) is 3.09. The predicted octanol–water partition coefficient (Wildman–Crippen LogP) is 2.61. The van der Waals surface area contributed by atoms with E-state index in [0.717, 1.165) is 41.3 Å². The summed E-state index contributed by atoms with van der Waals surface area (Å²) in [7, 11) is 1.58. The van der Waals surface area contributed by atoms with Gasteiger partial charge < -0.3 is 24.2 Å². The molecule has 1 aliphatic rings. The SMILES string of the molecule is C=C(N=C(c1ncc(CO)cc1C)N1CCOCC1)c1cccc(OCOC)c1. The molecule has 2 heterocycles. The molecule has 0 spiro atoms. The molecule has 0 bridgehead atoms. The average Bonchev–Trinajstić information content (AvgIpc) is 2.77. The first-order chi connectivity index (χ1) is 14.1. The van der Waals surface area contributed by atoms with Gasteiger partial charge in [-0.05, 0) is 36.2 Å². The minimum absolute atomic E-state index is 0.0425. The van der Waals surface area contributed by atoms with Crippen molar-refractivity contribution >= 4 is 11.5 Å². The van der Waals surface area contributed by atoms with Gasteiger partial charge in [-0.15, -0.1) is 0 Å². The third-order valence-electron chi connectivity index (χ3n) is 4.59. The molecule has 1 N–H and O–H groups in total. The van der Waals surface area contributed by atoms with E-state index in [0.29, 0.717) is 24.7 Å². The average molecular weight is 397 g/mol. The largest absolute Gasteiger partial charge is 0.468 e. The molecule has 2 aromatic rings. The number of aliphatic imine (C=N–C) groups is 1. The molecule has 1 aromatic heterocycles. The molecule has 0 atom stereocenters. The van der Waals surface area contributed by atoms with Crippen LogP contribution in [0.5, 0.6) is 5.75 Å². The molecule has 7 nitrogen and oxygen atoms in total. The van der Waals surface area contributed by atoms with Gasteiger partial charge in [0, 0.05) is 32.0 Å². The molecule has 7 heteroatoms. The Balaban J connectivity index is 1.95. The van der Waals surface area contributed by atoms with Crippen LogP contribution in [0.2, 0.25) is 0 Å². The Hall–Kier alpha value is -2.74. The van der Waals surface area contributed by atoms with Gasteiger partial charge in [-0.3, -0.25) is 4.98 Å². The number of aliphatic hydroxyl groups is 1. The smallest absolute Gasteiger partial charge is 0.188 e. The van der Waals surface area contributed by atoms with E-state index in [9.17, 15) is 5.11 Å². The minimum atomic E-state index is -0.0425. The summed E-state index contributed by atoms with van der Waals surface area (Å²) in [5, 5.41) is 9.39. The zero-order valence-electron chi connectivity index (χ0n) is 16.9. The van der Waals surface area contributed by atoms with Crippen LogP contribution in [-0.2, 0) is 16.1 Å². The Bertz CT molecular complexity index is 876. The Kier molecular flexibility index (Phi) is 7.35. The van der Waals surface area contributed by atoms with Gasteiger partial charge in [0.05, 0.1) is 25.5 Å². The van der Waals surface area contributed by atoms with E-state index in [1.807, 2.05) is 37.3 Å². The second-order valence-electron chi connectivity index (χ2n) is 6.73. The number of methoxy groups -OCH3 is 1. The number of aliphatic hydroxyl groups excluding tert-OH is 1. The summed E-state index contributed by atoms with van der Waals surface area (Å²) in [5.41, 5.74) is 3.97. The highest BCUT2D eigenvalue weighted by molar-refractivity contribution is 6.01. The molecule has 0 unspecified atom stereocenters. The molecule has 1 aromatic carbocycles. The lowest BCUT2D eigenvalue weighted by Crippen LogP contribution is -2.41. The van der Waals surface area contributed by atoms with E-state index < -0.39 is 0 Å². The molecule has 3 rings (SSSR count). The van der Waals surface area contributed by atoms with E-state index >= 15 is 0 Å². The Morgan fingerprint density at radius 3 is 2.79 bits per heavy atom. The van der Waals surface area contributed by atoms with E-state index in [1.54, 1.807) is 13.3 Å². The first-order valence-electron chi connectivity index (χ1n) is 9.51. The number of aromatic nitrogens is 1. The standard InChI is InChI=1S/C22H27N3O4/c1-16-11-18(14-26)13-23-21(16)22(25-7-9-28-10-8-25)24-17(2)19-5-4-6-20(12-19)29-15-27-3/h4-6,11-13,26H,2,7-10,14-15H2,1,3H3. The number of hydrogen-bond acceptors (Lipinski definition) is 6. The maximum atomic E-state index is 9.39. The molecule has 0 saturated carbocycles. The molecule has 1 saturated heterocycles. The third kappa shape index (κ3) is 5.41. The molecule has 0 radical (unpaired) electrons. The van der Waals surface area contributed by atoms with Crippen molar-refractivity contribution in [1.82, 2.24) is 9.88 Å². The normalized spacial score (nSPS) is 14.7. The molecular weight excluding hydrogens is 370 g/mol. The highest BCUT2D eigenvalue weighted by Gasteiger charge is 2.20. The van der Waals surface area contributed by atoms with Gasteiger partial charge in [0.15, 0.2) is 12.6 Å². The molecule has 0 amide bonds. The molecule has 154 valence electrons. The minimum Gasteiger partial charge on any atom is -0.468 e. The third-order valence-corrected chi connectivity index (χ3v) is 4.59. The van der Waals surface area contributed by atoms with Crippen molar-refractivity contribution in [1.29, 1.82) is 0 Å². The van der Waals surface area contributed by atoms with Crippen LogP contribution < -0.4 is 4.74 Å². The predicted molar refractivity (Wildman–Crippen MR) is 112 cm³/mol. The number of aryl methyl sites for hydroxylation is 1. The monoisotopic (exact) mass is 397 g/mol. The van der Waals surface area contributed by atoms with Crippen molar-refractivity contribution in [3.8, 4) is 5.75 Å². The van der Waals surface area contributed by atoms with Gasteiger partial charge in [0.25, 0.3) is 0 Å². The van der Waals surface area contributed by atoms with Gasteiger partial charge in [0.1, 0.15) is 11.4 Å². The fourth-order valence-corrected chi connectivity index (χ4v) is 3.09. The lowest BCUT2D eigenvalue weighted by atomic mass is 10.1. The van der Waals surface area contributed by atoms with Gasteiger partial charge in [-0.1, -0.05) is 18.7 Å². The fraction of sp³-hybridized carbons (Fsp3) is 0.364. The van der Waals surface area contributed by atoms with Crippen molar-refractivity contribution in [3.63, 3.8) is 0 Å². The van der Waals surface area contributed by atoms with Crippen molar-refractivity contribution in [2.75, 3.05) is 40.2 Å². The van der Waals surface area contributed by atoms with E-state index in [4.69, 9.17) is 19.2 Å². The molecule has 1 aliphatic heterocycles. The molecule has 1 fully saturated rings. The number of morpholine rings is 1. The summed E-state index contributed by atoms with van der Waals surface area (Å²) >= 11 is 0. The van der Waals surface area contributed by atoms with E-state index in [1.165, 1.54) is 0 Å². The summed E-state index contributed by atoms with van der Waals surface area (Å²) in [6.45, 7) is 9.01. The van der Waals surface area contributed by atoms with Gasteiger partial charge >= 0.3 is 0 Å². The zero-order valence-corrected chi connectivity index (χ0v) is 16.9. The van der Waals surface area contributed by atoms with Crippen LogP contribution in [0.25, 0.3) is 5.70 Å². The van der Waals surface area contributed by atoms with Crippen LogP contribution in [0.1, 0.15) is 22.4 Å². The highest BCUT2D eigenvalue weighted by Crippen LogP contribution is 2.22. The van der Waals surface area contributed by atoms with Crippen molar-refractivity contribution < 1.29 is 19.3 Å². The first kappa shape index (κ1) is 21.0. The number of nitrogens with zero attached hydrogens (tertiary/aromatic N) is 3. The van der Waals surface area contributed by atoms with Crippen LogP contribution in [0.4, 0.5) is 0 Å². The van der Waals surface area contributed by atoms with Gasteiger partial charge in [-0.2, -0.15) is 0 Å². The van der Waals surface area contributed by atoms with Crippen LogP contribution >= 0.6 is 0 Å². The topological polar surface area (TPSA) is 76.4 Å². The number of ether oxygens (including phenoxy) is 3. The summed E-state index contributed by atoms with van der Waals surface area (Å²) in [6, 6.07) is 9.52. The number of hydrogen-bond donors (Lipinski definition) is 1. The lowest BCUT2D eigenvalue weighted by molar-refractivity contribution is 0.0511. The second-order valence-corrected chi connectivity index (χ2v) is 6.73. The quantitative estimate of drug-likeness (QED) is 0.440. The Morgan fingerprint density at radius 2 is 2.10 bits per heavy atom. The van der Waals surface area contributed by atoms with Gasteiger partial charge in [-0.25, -0.2) is 4.99 Å². The number of rotatable bonds is 7. The maximum Gasteiger partial charge on any atom is 0.188 e. The summed E-state index contributed by atoms with van der Waals surface area (Å²) in [6.07, 6.45) is 1.68. The van der Waals surface area contributed by atoms with Crippen LogP contribution in [-0.4, -0.2) is 61.0 Å². The van der Waals surface area contributed by atoms with E-state index in [-0.39, 0.29) is 13.4 Å². The van der Waals surface area contributed by atoms with Crippen LogP contribution in [0, 0.1) is 6.92 Å². The number of benzene rings is 1. The lowest BCUT2D eigenvalue weighted by Gasteiger charge is -2.30. The van der Waals surface area contributed by atoms with Gasteiger partial charge in [0.2, 0.25) is 0 Å². The first-order valence-corrected chi connectivity index (χ1v) is 9.51. The molecular formula is C22H27N3O4. The maximum absolute atomic E-state index is 9.39. The van der Waals surface area contributed by atoms with Crippen molar-refractivity contribution in [2.24, 2.45) is 4.99 Å². The molecule has 29 heavy (non-hydrogen) atoms. The van der Waals surface area contributed by atoms with E-state index in [2.05, 4.69) is 16.5 Å². The molecule has 0 aliphatic carbocycles. The highest BCUT2D eigenvalue weighted by atomic mass is 16.7. The Labute approximate surface area is 171 Å². The van der Waals surface area contributed by atoms with Crippen LogP contribution in [0.3, 0.4) is 0 Å². The van der Waals surface area contributed by atoms with Crippen molar-refractivity contribution in [2.45, 2.75) is 13.5 Å². The summed E-state index contributed by atoms with van der Waals surface area (Å²) < 4.78 is 16.0. The summed E-state index contributed by atoms with van der Waals surface area (Å²) in [5.74, 6) is 1.44. The number of amidine groups is 1. The second kappa shape index (κ2) is 10.2. The summed E-state index contributed by atoms with van der Waals surface area (Å²) in [4.78, 5) is 11.6. The van der Waals surface area contributed by atoms with Crippen LogP contribution in [0.15, 0.2) is 48.1 Å². The van der Waals surface area contributed by atoms with Crippen molar-refractivity contribution in [3.05, 3.63) is 65.5 Å².